The molecule has 1 rings (SSSR count). The molecule has 1 aromatic rings. The van der Waals surface area contributed by atoms with Gasteiger partial charge in [0.2, 0.25) is 0 Å². The Bertz CT molecular complexity index is 365. The molecule has 1 N–H and O–H groups in total. The number of hydrogen-bond donors (Lipinski definition) is 1. The number of aliphatic hydroxyl groups is 1. The molecule has 3 nitrogen and oxygen atoms in total. The summed E-state index contributed by atoms with van der Waals surface area (Å²) in [5.74, 6) is -0.329. The van der Waals surface area contributed by atoms with Gasteiger partial charge in [0.25, 0.3) is 0 Å². The molecule has 0 amide bonds. The average Bonchev–Trinajstić information content (AvgIpc) is 2.30. The van der Waals surface area contributed by atoms with E-state index in [0.717, 1.165) is 11.3 Å². The predicted octanol–water partition coefficient (Wildman–Crippen LogP) is 2.34. The molecule has 1 aromatic carbocycles. The van der Waals surface area contributed by atoms with E-state index in [4.69, 9.17) is 5.26 Å². The molecule has 0 fully saturated rings. The van der Waals surface area contributed by atoms with Gasteiger partial charge in [0, 0.05) is 19.8 Å². The SMILES string of the molecule is CCC(C#N)C(O)c1ccc(N(C)C)cc1. The third-order valence-electron chi connectivity index (χ3n) is 2.74. The van der Waals surface area contributed by atoms with Crippen molar-refractivity contribution >= 4 is 5.69 Å². The van der Waals surface area contributed by atoms with Crippen LogP contribution in [0.2, 0.25) is 0 Å². The van der Waals surface area contributed by atoms with E-state index in [1.54, 1.807) is 0 Å². The van der Waals surface area contributed by atoms with Crippen molar-refractivity contribution < 1.29 is 5.11 Å². The Morgan fingerprint density at radius 3 is 2.25 bits per heavy atom. The molecule has 0 aliphatic carbocycles. The van der Waals surface area contributed by atoms with Crippen LogP contribution in [0.5, 0.6) is 0 Å². The van der Waals surface area contributed by atoms with Gasteiger partial charge in [-0.15, -0.1) is 0 Å². The quantitative estimate of drug-likeness (QED) is 0.843. The fourth-order valence-electron chi connectivity index (χ4n) is 1.59. The molecule has 2 unspecified atom stereocenters. The second kappa shape index (κ2) is 5.53. The standard InChI is InChI=1S/C13H18N2O/c1-4-10(9-14)13(16)11-5-7-12(8-6-11)15(2)3/h5-8,10,13,16H,4H2,1-3H3. The molecule has 3 heteroatoms. The van der Waals surface area contributed by atoms with E-state index >= 15 is 0 Å². The largest absolute Gasteiger partial charge is 0.387 e. The lowest BCUT2D eigenvalue weighted by Crippen LogP contribution is -2.11. The molecule has 0 aromatic heterocycles. The minimum absolute atomic E-state index is 0.329. The fourth-order valence-corrected chi connectivity index (χ4v) is 1.59. The summed E-state index contributed by atoms with van der Waals surface area (Å²) < 4.78 is 0. The predicted molar refractivity (Wildman–Crippen MR) is 65.1 cm³/mol. The van der Waals surface area contributed by atoms with E-state index in [0.29, 0.717) is 6.42 Å². The Labute approximate surface area is 96.9 Å². The maximum absolute atomic E-state index is 9.97. The normalized spacial score (nSPS) is 13.9. The zero-order valence-corrected chi connectivity index (χ0v) is 10.0. The highest BCUT2D eigenvalue weighted by Crippen LogP contribution is 2.25. The summed E-state index contributed by atoms with van der Waals surface area (Å²) in [6, 6.07) is 9.77. The van der Waals surface area contributed by atoms with Crippen molar-refractivity contribution in [2.45, 2.75) is 19.4 Å². The summed E-state index contributed by atoms with van der Waals surface area (Å²) in [5, 5.41) is 18.9. The van der Waals surface area contributed by atoms with Crippen molar-refractivity contribution in [3.05, 3.63) is 29.8 Å². The number of nitriles is 1. The van der Waals surface area contributed by atoms with Crippen molar-refractivity contribution in [3.8, 4) is 6.07 Å². The van der Waals surface area contributed by atoms with E-state index in [1.165, 1.54) is 0 Å². The van der Waals surface area contributed by atoms with E-state index < -0.39 is 6.10 Å². The van der Waals surface area contributed by atoms with Gasteiger partial charge in [0.05, 0.1) is 18.1 Å². The molecule has 0 aliphatic rings. The zero-order chi connectivity index (χ0) is 12.1. The maximum atomic E-state index is 9.97. The minimum Gasteiger partial charge on any atom is -0.387 e. The highest BCUT2D eigenvalue weighted by atomic mass is 16.3. The first-order valence-corrected chi connectivity index (χ1v) is 5.45. The number of benzene rings is 1. The summed E-state index contributed by atoms with van der Waals surface area (Å²) >= 11 is 0. The highest BCUT2D eigenvalue weighted by molar-refractivity contribution is 5.46. The number of anilines is 1. The molecule has 2 atom stereocenters. The van der Waals surface area contributed by atoms with Gasteiger partial charge in [-0.2, -0.15) is 5.26 Å². The lowest BCUT2D eigenvalue weighted by Gasteiger charge is -2.17. The van der Waals surface area contributed by atoms with Crippen molar-refractivity contribution in [2.75, 3.05) is 19.0 Å². The summed E-state index contributed by atoms with van der Waals surface area (Å²) in [7, 11) is 3.94. The molecule has 0 bridgehead atoms. The van der Waals surface area contributed by atoms with Gasteiger partial charge in [-0.05, 0) is 24.1 Å². The molecule has 86 valence electrons. The first-order valence-electron chi connectivity index (χ1n) is 5.45. The maximum Gasteiger partial charge on any atom is 0.0948 e. The van der Waals surface area contributed by atoms with Crippen molar-refractivity contribution in [1.82, 2.24) is 0 Å². The van der Waals surface area contributed by atoms with Crippen molar-refractivity contribution in [2.24, 2.45) is 5.92 Å². The van der Waals surface area contributed by atoms with Crippen LogP contribution in [0.25, 0.3) is 0 Å². The summed E-state index contributed by atoms with van der Waals surface area (Å²) in [4.78, 5) is 2.00. The smallest absolute Gasteiger partial charge is 0.0948 e. The molecule has 0 spiro atoms. The third kappa shape index (κ3) is 2.74. The molecule has 16 heavy (non-hydrogen) atoms. The van der Waals surface area contributed by atoms with Gasteiger partial charge < -0.3 is 10.0 Å². The third-order valence-corrected chi connectivity index (χ3v) is 2.74. The summed E-state index contributed by atoms with van der Waals surface area (Å²) in [6.07, 6.45) is -0.0289. The Morgan fingerprint density at radius 1 is 1.31 bits per heavy atom. The molecule has 0 saturated carbocycles. The van der Waals surface area contributed by atoms with Crippen LogP contribution in [0, 0.1) is 17.2 Å². The van der Waals surface area contributed by atoms with E-state index in [9.17, 15) is 5.11 Å². The van der Waals surface area contributed by atoms with E-state index in [-0.39, 0.29) is 5.92 Å². The molecular formula is C13H18N2O. The van der Waals surface area contributed by atoms with Crippen molar-refractivity contribution in [3.63, 3.8) is 0 Å². The number of rotatable bonds is 4. The van der Waals surface area contributed by atoms with Crippen LogP contribution in [-0.4, -0.2) is 19.2 Å². The van der Waals surface area contributed by atoms with Gasteiger partial charge in [-0.1, -0.05) is 19.1 Å². The molecule has 0 heterocycles. The van der Waals surface area contributed by atoms with Crippen LogP contribution in [0.1, 0.15) is 25.0 Å². The molecule has 0 radical (unpaired) electrons. The number of aliphatic hydroxyl groups excluding tert-OH is 1. The Balaban J connectivity index is 2.85. The molecule has 0 saturated heterocycles. The summed E-state index contributed by atoms with van der Waals surface area (Å²) in [5.41, 5.74) is 1.89. The van der Waals surface area contributed by atoms with Gasteiger partial charge in [0.15, 0.2) is 0 Å². The number of nitrogens with zero attached hydrogens (tertiary/aromatic N) is 2. The van der Waals surface area contributed by atoms with Crippen LogP contribution in [0.4, 0.5) is 5.69 Å². The summed E-state index contributed by atoms with van der Waals surface area (Å²) in [6.45, 7) is 1.91. The Morgan fingerprint density at radius 2 is 1.88 bits per heavy atom. The lowest BCUT2D eigenvalue weighted by molar-refractivity contribution is 0.133. The van der Waals surface area contributed by atoms with E-state index in [1.807, 2.05) is 50.2 Å². The Kier molecular flexibility index (Phi) is 4.33. The Hall–Kier alpha value is -1.53. The second-order valence-electron chi connectivity index (χ2n) is 4.07. The van der Waals surface area contributed by atoms with E-state index in [2.05, 4.69) is 6.07 Å². The van der Waals surface area contributed by atoms with Crippen LogP contribution in [0.3, 0.4) is 0 Å². The first-order chi connectivity index (χ1) is 7.60. The van der Waals surface area contributed by atoms with Gasteiger partial charge in [-0.3, -0.25) is 0 Å². The monoisotopic (exact) mass is 218 g/mol. The molecular weight excluding hydrogens is 200 g/mol. The molecule has 0 aliphatic heterocycles. The fraction of sp³-hybridized carbons (Fsp3) is 0.462. The van der Waals surface area contributed by atoms with Crippen LogP contribution < -0.4 is 4.90 Å². The van der Waals surface area contributed by atoms with Gasteiger partial charge in [0.1, 0.15) is 0 Å². The zero-order valence-electron chi connectivity index (χ0n) is 10.0. The minimum atomic E-state index is -0.689. The topological polar surface area (TPSA) is 47.3 Å². The average molecular weight is 218 g/mol. The highest BCUT2D eigenvalue weighted by Gasteiger charge is 2.18. The van der Waals surface area contributed by atoms with Crippen molar-refractivity contribution in [1.29, 1.82) is 5.26 Å². The van der Waals surface area contributed by atoms with Gasteiger partial charge >= 0.3 is 0 Å². The second-order valence-corrected chi connectivity index (χ2v) is 4.07. The van der Waals surface area contributed by atoms with Crippen LogP contribution in [0.15, 0.2) is 24.3 Å². The lowest BCUT2D eigenvalue weighted by atomic mass is 9.95. The first kappa shape index (κ1) is 12.5. The van der Waals surface area contributed by atoms with Gasteiger partial charge in [-0.25, -0.2) is 0 Å². The van der Waals surface area contributed by atoms with Crippen LogP contribution in [-0.2, 0) is 0 Å². The number of hydrogen-bond acceptors (Lipinski definition) is 3. The van der Waals surface area contributed by atoms with Crippen LogP contribution >= 0.6 is 0 Å².